The van der Waals surface area contributed by atoms with Crippen LogP contribution in [-0.2, 0) is 16.3 Å². The zero-order valence-electron chi connectivity index (χ0n) is 13.2. The molecule has 1 atom stereocenters. The van der Waals surface area contributed by atoms with Crippen LogP contribution in [-0.4, -0.2) is 13.9 Å². The summed E-state index contributed by atoms with van der Waals surface area (Å²) < 4.78 is 63.1. The zero-order chi connectivity index (χ0) is 17.8. The largest absolute Gasteiger partial charge is 0.498 e. The smallest absolute Gasteiger partial charge is 0.219 e. The van der Waals surface area contributed by atoms with Crippen molar-refractivity contribution in [3.8, 4) is 11.1 Å². The van der Waals surface area contributed by atoms with Crippen molar-refractivity contribution in [3.05, 3.63) is 58.0 Å². The quantitative estimate of drug-likeness (QED) is 0.779. The van der Waals surface area contributed by atoms with Crippen molar-refractivity contribution < 1.29 is 21.6 Å². The second kappa shape index (κ2) is 5.46. The highest BCUT2D eigenvalue weighted by atomic mass is 32.2. The number of benzene rings is 2. The minimum Gasteiger partial charge on any atom is -0.219 e. The van der Waals surface area contributed by atoms with Crippen molar-refractivity contribution in [2.75, 3.05) is 0 Å². The molecule has 25 heavy (non-hydrogen) atoms. The maximum Gasteiger partial charge on any atom is 0.498 e. The van der Waals surface area contributed by atoms with E-state index in [0.717, 1.165) is 21.9 Å². The van der Waals surface area contributed by atoms with Crippen LogP contribution < -0.4 is 10.4 Å². The van der Waals surface area contributed by atoms with Crippen LogP contribution in [0.1, 0.15) is 29.2 Å². The second-order valence-electron chi connectivity index (χ2n) is 6.36. The van der Waals surface area contributed by atoms with Gasteiger partial charge in [0.1, 0.15) is 0 Å². The van der Waals surface area contributed by atoms with E-state index < -0.39 is 20.6 Å². The summed E-state index contributed by atoms with van der Waals surface area (Å²) in [6.07, 6.45) is 4.81. The van der Waals surface area contributed by atoms with E-state index in [9.17, 15) is 21.6 Å². The second-order valence-corrected chi connectivity index (χ2v) is 8.48. The first-order chi connectivity index (χ1) is 11.8. The fourth-order valence-corrected chi connectivity index (χ4v) is 5.12. The third-order valence-corrected chi connectivity index (χ3v) is 6.86. The van der Waals surface area contributed by atoms with Gasteiger partial charge in [0.05, 0.1) is 5.25 Å². The maximum absolute atomic E-state index is 13.0. The maximum atomic E-state index is 13.0. The van der Waals surface area contributed by atoms with E-state index >= 15 is 0 Å². The van der Waals surface area contributed by atoms with Crippen LogP contribution in [0.25, 0.3) is 23.3 Å². The molecule has 2 aromatic carbocycles. The zero-order valence-corrected chi connectivity index (χ0v) is 14.0. The number of sulfone groups is 1. The normalized spacial score (nSPS) is 19.1. The topological polar surface area (TPSA) is 34.1 Å². The van der Waals surface area contributed by atoms with Crippen molar-refractivity contribution >= 4 is 22.0 Å². The van der Waals surface area contributed by atoms with Gasteiger partial charge in [0.2, 0.25) is 0 Å². The van der Waals surface area contributed by atoms with Crippen LogP contribution >= 0.6 is 0 Å². The first kappa shape index (κ1) is 16.4. The Morgan fingerprint density at radius 2 is 1.68 bits per heavy atom. The van der Waals surface area contributed by atoms with E-state index in [2.05, 4.69) is 0 Å². The molecule has 130 valence electrons. The predicted octanol–water partition coefficient (Wildman–Crippen LogP) is 3.24. The summed E-state index contributed by atoms with van der Waals surface area (Å²) in [5, 5.41) is -0.0438. The molecule has 4 rings (SSSR count). The molecule has 0 spiro atoms. The Morgan fingerprint density at radius 3 is 2.44 bits per heavy atom. The van der Waals surface area contributed by atoms with Gasteiger partial charge in [-0.2, -0.15) is 13.2 Å². The Morgan fingerprint density at radius 1 is 0.920 bits per heavy atom. The lowest BCUT2D eigenvalue weighted by Crippen LogP contribution is -2.39. The van der Waals surface area contributed by atoms with Crippen molar-refractivity contribution in [2.24, 2.45) is 0 Å². The number of halogens is 3. The van der Waals surface area contributed by atoms with E-state index in [1.165, 1.54) is 0 Å². The van der Waals surface area contributed by atoms with Gasteiger partial charge in [-0.3, -0.25) is 0 Å². The predicted molar refractivity (Wildman–Crippen MR) is 90.7 cm³/mol. The lowest BCUT2D eigenvalue weighted by molar-refractivity contribution is -0.0446. The molecule has 6 heteroatoms. The number of hydrogen-bond donors (Lipinski definition) is 0. The number of alkyl halides is 3. The molecule has 1 unspecified atom stereocenters. The molecule has 0 fully saturated rings. The molecule has 2 aromatic rings. The summed E-state index contributed by atoms with van der Waals surface area (Å²) in [7, 11) is -5.23. The van der Waals surface area contributed by atoms with Crippen molar-refractivity contribution in [1.82, 2.24) is 0 Å². The SMILES string of the molecule is O=S(=O)(C1CCC=c2c1ccc1c2=CCc2ccccc2-1)C(F)(F)F. The van der Waals surface area contributed by atoms with Gasteiger partial charge in [0, 0.05) is 0 Å². The third kappa shape index (κ3) is 2.42. The lowest BCUT2D eigenvalue weighted by Gasteiger charge is -2.24. The first-order valence-corrected chi connectivity index (χ1v) is 9.57. The van der Waals surface area contributed by atoms with E-state index in [1.54, 1.807) is 12.1 Å². The fourth-order valence-electron chi connectivity index (χ4n) is 3.81. The van der Waals surface area contributed by atoms with E-state index in [4.69, 9.17) is 0 Å². The molecule has 0 N–H and O–H groups in total. The first-order valence-electron chi connectivity index (χ1n) is 8.02. The minimum atomic E-state index is -5.24. The Hall–Kier alpha value is -2.08. The molecule has 2 aliphatic rings. The molecule has 2 aliphatic carbocycles. The van der Waals surface area contributed by atoms with E-state index in [-0.39, 0.29) is 12.0 Å². The van der Waals surface area contributed by atoms with Crippen molar-refractivity contribution in [2.45, 2.75) is 30.0 Å². The molecule has 0 saturated heterocycles. The summed E-state index contributed by atoms with van der Waals surface area (Å²) in [6.45, 7) is 0. The van der Waals surface area contributed by atoms with Gasteiger partial charge in [-0.15, -0.1) is 0 Å². The molecular formula is C19H15F3O2S. The Labute approximate surface area is 143 Å². The summed E-state index contributed by atoms with van der Waals surface area (Å²) in [5.41, 5.74) is -1.82. The summed E-state index contributed by atoms with van der Waals surface area (Å²) in [6, 6.07) is 11.2. The highest BCUT2D eigenvalue weighted by molar-refractivity contribution is 7.92. The number of hydrogen-bond acceptors (Lipinski definition) is 2. The third-order valence-electron chi connectivity index (χ3n) is 4.98. The number of rotatable bonds is 1. The highest BCUT2D eigenvalue weighted by Gasteiger charge is 2.51. The summed E-state index contributed by atoms with van der Waals surface area (Å²) >= 11 is 0. The fraction of sp³-hybridized carbons (Fsp3) is 0.263. The highest BCUT2D eigenvalue weighted by Crippen LogP contribution is 2.39. The van der Waals surface area contributed by atoms with Gasteiger partial charge in [-0.1, -0.05) is 48.6 Å². The molecule has 0 saturated carbocycles. The monoisotopic (exact) mass is 364 g/mol. The summed E-state index contributed by atoms with van der Waals surface area (Å²) in [5.74, 6) is 0. The molecule has 0 aliphatic heterocycles. The van der Waals surface area contributed by atoms with Gasteiger partial charge >= 0.3 is 5.51 Å². The van der Waals surface area contributed by atoms with E-state index in [1.807, 2.05) is 36.4 Å². The molecule has 0 bridgehead atoms. The van der Waals surface area contributed by atoms with Gasteiger partial charge in [-0.05, 0) is 52.0 Å². The molecule has 0 heterocycles. The van der Waals surface area contributed by atoms with Crippen LogP contribution in [0.2, 0.25) is 0 Å². The average molecular weight is 364 g/mol. The molecule has 0 radical (unpaired) electrons. The van der Waals surface area contributed by atoms with Gasteiger partial charge in [-0.25, -0.2) is 8.42 Å². The van der Waals surface area contributed by atoms with Gasteiger partial charge in [0.25, 0.3) is 9.84 Å². The standard InChI is InChI=1S/C19H15F3O2S/c20-19(21,22)25(23,24)18-7-3-6-14-16-9-8-12-4-1-2-5-13(12)15(16)10-11-17(14)18/h1-2,4-6,9-11,18H,3,7-8H2. The van der Waals surface area contributed by atoms with Crippen molar-refractivity contribution in [3.63, 3.8) is 0 Å². The minimum absolute atomic E-state index is 0.0375. The Balaban J connectivity index is 1.96. The van der Waals surface area contributed by atoms with Gasteiger partial charge < -0.3 is 0 Å². The summed E-state index contributed by atoms with van der Waals surface area (Å²) in [4.78, 5) is 0. The Kier molecular flexibility index (Phi) is 3.58. The van der Waals surface area contributed by atoms with Crippen molar-refractivity contribution in [1.29, 1.82) is 0 Å². The van der Waals surface area contributed by atoms with Crippen LogP contribution in [0, 0.1) is 0 Å². The van der Waals surface area contributed by atoms with Crippen LogP contribution in [0.15, 0.2) is 36.4 Å². The molecule has 2 nitrogen and oxygen atoms in total. The van der Waals surface area contributed by atoms with E-state index in [0.29, 0.717) is 18.1 Å². The molecule has 0 amide bonds. The van der Waals surface area contributed by atoms with Crippen LogP contribution in [0.4, 0.5) is 13.2 Å². The lowest BCUT2D eigenvalue weighted by atomic mass is 9.87. The number of fused-ring (bicyclic) bond motifs is 5. The molecular weight excluding hydrogens is 349 g/mol. The average Bonchev–Trinajstić information content (AvgIpc) is 2.59. The Bertz CT molecular complexity index is 1080. The van der Waals surface area contributed by atoms with Crippen LogP contribution in [0.5, 0.6) is 0 Å². The molecule has 0 aromatic heterocycles. The van der Waals surface area contributed by atoms with Gasteiger partial charge in [0.15, 0.2) is 0 Å². The van der Waals surface area contributed by atoms with Crippen LogP contribution in [0.3, 0.4) is 0 Å².